The molecule has 9 heteroatoms. The van der Waals surface area contributed by atoms with E-state index in [1.807, 2.05) is 6.92 Å². The van der Waals surface area contributed by atoms with E-state index in [9.17, 15) is 13.2 Å². The van der Waals surface area contributed by atoms with Crippen molar-refractivity contribution in [1.29, 1.82) is 0 Å². The van der Waals surface area contributed by atoms with Crippen LogP contribution in [0.3, 0.4) is 0 Å². The summed E-state index contributed by atoms with van der Waals surface area (Å²) in [6.45, 7) is 2.88. The van der Waals surface area contributed by atoms with Gasteiger partial charge in [0, 0.05) is 11.8 Å². The number of rotatable bonds is 7. The molecule has 0 saturated carbocycles. The number of amides is 1. The number of carbonyl (C=O) groups excluding carboxylic acids is 1. The minimum atomic E-state index is -3.69. The second kappa shape index (κ2) is 8.39. The number of benzene rings is 2. The van der Waals surface area contributed by atoms with Crippen molar-refractivity contribution in [3.05, 3.63) is 42.5 Å². The smallest absolute Gasteiger partial charge is 0.245 e. The van der Waals surface area contributed by atoms with Gasteiger partial charge in [-0.1, -0.05) is 0 Å². The van der Waals surface area contributed by atoms with Gasteiger partial charge in [0.1, 0.15) is 25.5 Å². The van der Waals surface area contributed by atoms with E-state index in [1.54, 1.807) is 42.5 Å². The highest BCUT2D eigenvalue weighted by molar-refractivity contribution is 7.92. The third-order valence-electron chi connectivity index (χ3n) is 3.95. The van der Waals surface area contributed by atoms with Gasteiger partial charge in [-0.05, 0) is 43.3 Å². The van der Waals surface area contributed by atoms with Gasteiger partial charge in [-0.2, -0.15) is 0 Å². The molecule has 1 amide bonds. The molecule has 0 radical (unpaired) electrons. The van der Waals surface area contributed by atoms with E-state index in [4.69, 9.17) is 14.2 Å². The summed E-state index contributed by atoms with van der Waals surface area (Å²) in [5, 5.41) is 2.69. The third-order valence-corrected chi connectivity index (χ3v) is 5.09. The Kier molecular flexibility index (Phi) is 5.93. The van der Waals surface area contributed by atoms with E-state index in [2.05, 4.69) is 5.32 Å². The normalized spacial score (nSPS) is 12.9. The van der Waals surface area contributed by atoms with Crippen LogP contribution in [0.4, 0.5) is 11.4 Å². The molecule has 1 aliphatic rings. The van der Waals surface area contributed by atoms with Crippen LogP contribution in [0, 0.1) is 0 Å². The van der Waals surface area contributed by atoms with Crippen LogP contribution in [0.5, 0.6) is 17.2 Å². The Balaban J connectivity index is 1.75. The Morgan fingerprint density at radius 1 is 1.11 bits per heavy atom. The predicted octanol–water partition coefficient (Wildman–Crippen LogP) is 2.26. The van der Waals surface area contributed by atoms with Gasteiger partial charge in [-0.25, -0.2) is 8.42 Å². The summed E-state index contributed by atoms with van der Waals surface area (Å²) >= 11 is 0. The number of sulfonamides is 1. The minimum absolute atomic E-state index is 0.327. The van der Waals surface area contributed by atoms with E-state index >= 15 is 0 Å². The Morgan fingerprint density at radius 3 is 2.43 bits per heavy atom. The SMILES string of the molecule is CCOc1ccc(NC(=O)CN(c2ccc3c(c2)OCCO3)S(C)(=O)=O)cc1. The van der Waals surface area contributed by atoms with Crippen molar-refractivity contribution in [2.24, 2.45) is 0 Å². The first kappa shape index (κ1) is 19.8. The Bertz CT molecular complexity index is 943. The van der Waals surface area contributed by atoms with E-state index in [-0.39, 0.29) is 6.54 Å². The fourth-order valence-electron chi connectivity index (χ4n) is 2.72. The Labute approximate surface area is 164 Å². The zero-order valence-electron chi connectivity index (χ0n) is 15.7. The maximum Gasteiger partial charge on any atom is 0.245 e. The number of anilines is 2. The maximum atomic E-state index is 12.4. The van der Waals surface area contributed by atoms with Gasteiger partial charge in [0.05, 0.1) is 18.6 Å². The first-order chi connectivity index (χ1) is 13.4. The Hall–Kier alpha value is -2.94. The summed E-state index contributed by atoms with van der Waals surface area (Å²) in [4.78, 5) is 12.4. The van der Waals surface area contributed by atoms with Crippen LogP contribution >= 0.6 is 0 Å². The molecular formula is C19H22N2O6S. The summed E-state index contributed by atoms with van der Waals surface area (Å²) in [6.07, 6.45) is 1.05. The van der Waals surface area contributed by atoms with Crippen molar-refractivity contribution in [2.75, 3.05) is 42.2 Å². The van der Waals surface area contributed by atoms with Gasteiger partial charge in [-0.15, -0.1) is 0 Å². The molecule has 1 heterocycles. The second-order valence-electron chi connectivity index (χ2n) is 6.10. The van der Waals surface area contributed by atoms with E-state index in [1.165, 1.54) is 0 Å². The number of nitrogens with one attached hydrogen (secondary N) is 1. The van der Waals surface area contributed by atoms with Crippen molar-refractivity contribution in [3.8, 4) is 17.2 Å². The standard InChI is InChI=1S/C19H22N2O6S/c1-3-25-16-7-4-14(5-8-16)20-19(22)13-21(28(2,23)24)15-6-9-17-18(12-15)27-11-10-26-17/h4-9,12H,3,10-11,13H2,1-2H3,(H,20,22). The van der Waals surface area contributed by atoms with E-state index in [0.29, 0.717) is 48.4 Å². The van der Waals surface area contributed by atoms with E-state index < -0.39 is 15.9 Å². The molecule has 0 atom stereocenters. The molecule has 1 aliphatic heterocycles. The highest BCUT2D eigenvalue weighted by Crippen LogP contribution is 2.34. The van der Waals surface area contributed by atoms with Crippen LogP contribution in [-0.4, -0.2) is 46.9 Å². The van der Waals surface area contributed by atoms with Crippen molar-refractivity contribution >= 4 is 27.3 Å². The quantitative estimate of drug-likeness (QED) is 0.758. The summed E-state index contributed by atoms with van der Waals surface area (Å²) in [5.41, 5.74) is 0.873. The number of ether oxygens (including phenoxy) is 3. The molecular weight excluding hydrogens is 384 g/mol. The molecule has 2 aromatic carbocycles. The lowest BCUT2D eigenvalue weighted by Gasteiger charge is -2.24. The monoisotopic (exact) mass is 406 g/mol. The van der Waals surface area contributed by atoms with Crippen LogP contribution in [-0.2, 0) is 14.8 Å². The highest BCUT2D eigenvalue weighted by Gasteiger charge is 2.23. The molecule has 150 valence electrons. The second-order valence-corrected chi connectivity index (χ2v) is 8.01. The van der Waals surface area contributed by atoms with Crippen LogP contribution in [0.2, 0.25) is 0 Å². The molecule has 0 aromatic heterocycles. The van der Waals surface area contributed by atoms with Gasteiger partial charge in [0.15, 0.2) is 11.5 Å². The van der Waals surface area contributed by atoms with Crippen LogP contribution < -0.4 is 23.8 Å². The van der Waals surface area contributed by atoms with Gasteiger partial charge in [0.25, 0.3) is 0 Å². The van der Waals surface area contributed by atoms with Gasteiger partial charge < -0.3 is 19.5 Å². The lowest BCUT2D eigenvalue weighted by atomic mass is 10.2. The summed E-state index contributed by atoms with van der Waals surface area (Å²) in [5.74, 6) is 1.21. The third kappa shape index (κ3) is 4.86. The number of hydrogen-bond acceptors (Lipinski definition) is 6. The number of fused-ring (bicyclic) bond motifs is 1. The average Bonchev–Trinajstić information content (AvgIpc) is 2.67. The summed E-state index contributed by atoms with van der Waals surface area (Å²) < 4.78 is 41.9. The number of carbonyl (C=O) groups is 1. The van der Waals surface area contributed by atoms with Crippen LogP contribution in [0.25, 0.3) is 0 Å². The van der Waals surface area contributed by atoms with Gasteiger partial charge in [-0.3, -0.25) is 9.10 Å². The first-order valence-electron chi connectivity index (χ1n) is 8.77. The van der Waals surface area contributed by atoms with Crippen molar-refractivity contribution in [3.63, 3.8) is 0 Å². The zero-order valence-corrected chi connectivity index (χ0v) is 16.5. The van der Waals surface area contributed by atoms with Crippen molar-refractivity contribution in [1.82, 2.24) is 0 Å². The van der Waals surface area contributed by atoms with Crippen molar-refractivity contribution in [2.45, 2.75) is 6.92 Å². The molecule has 0 saturated heterocycles. The molecule has 0 unspecified atom stereocenters. The molecule has 0 fully saturated rings. The highest BCUT2D eigenvalue weighted by atomic mass is 32.2. The topological polar surface area (TPSA) is 94.2 Å². The van der Waals surface area contributed by atoms with E-state index in [0.717, 1.165) is 10.6 Å². The largest absolute Gasteiger partial charge is 0.494 e. The lowest BCUT2D eigenvalue weighted by Crippen LogP contribution is -2.37. The molecule has 1 N–H and O–H groups in total. The van der Waals surface area contributed by atoms with Crippen LogP contribution in [0.15, 0.2) is 42.5 Å². The van der Waals surface area contributed by atoms with Crippen molar-refractivity contribution < 1.29 is 27.4 Å². The molecule has 3 rings (SSSR count). The predicted molar refractivity (Wildman–Crippen MR) is 106 cm³/mol. The van der Waals surface area contributed by atoms with Gasteiger partial charge >= 0.3 is 0 Å². The molecule has 0 aliphatic carbocycles. The fourth-order valence-corrected chi connectivity index (χ4v) is 3.57. The van der Waals surface area contributed by atoms with Crippen LogP contribution in [0.1, 0.15) is 6.92 Å². The summed E-state index contributed by atoms with van der Waals surface area (Å²) in [7, 11) is -3.69. The first-order valence-corrected chi connectivity index (χ1v) is 10.6. The average molecular weight is 406 g/mol. The maximum absolute atomic E-state index is 12.4. The number of hydrogen-bond donors (Lipinski definition) is 1. The Morgan fingerprint density at radius 2 is 1.79 bits per heavy atom. The zero-order chi connectivity index (χ0) is 20.1. The summed E-state index contributed by atoms with van der Waals surface area (Å²) in [6, 6.07) is 11.6. The number of nitrogens with zero attached hydrogens (tertiary/aromatic N) is 1. The molecule has 2 aromatic rings. The van der Waals surface area contributed by atoms with Gasteiger partial charge in [0.2, 0.25) is 15.9 Å². The molecule has 8 nitrogen and oxygen atoms in total. The molecule has 0 spiro atoms. The minimum Gasteiger partial charge on any atom is -0.494 e. The molecule has 0 bridgehead atoms. The fraction of sp³-hybridized carbons (Fsp3) is 0.316. The molecule has 28 heavy (non-hydrogen) atoms. The lowest BCUT2D eigenvalue weighted by molar-refractivity contribution is -0.114.